The first kappa shape index (κ1) is 17.6. The van der Waals surface area contributed by atoms with Crippen molar-refractivity contribution < 1.29 is 4.79 Å². The molecule has 0 aromatic heterocycles. The molecule has 0 bridgehead atoms. The van der Waals surface area contributed by atoms with Crippen LogP contribution in [-0.4, -0.2) is 24.0 Å². The van der Waals surface area contributed by atoms with Gasteiger partial charge in [-0.15, -0.1) is 0 Å². The van der Waals surface area contributed by atoms with Crippen LogP contribution in [0.1, 0.15) is 54.4 Å². The van der Waals surface area contributed by atoms with Gasteiger partial charge in [-0.05, 0) is 66.9 Å². The summed E-state index contributed by atoms with van der Waals surface area (Å²) in [5, 5.41) is 3.42. The number of hydrogen-bond donors (Lipinski definition) is 1. The Balaban J connectivity index is 1.95. The van der Waals surface area contributed by atoms with Gasteiger partial charge in [-0.1, -0.05) is 34.6 Å². The van der Waals surface area contributed by atoms with Gasteiger partial charge in [0.25, 0.3) is 0 Å². The van der Waals surface area contributed by atoms with E-state index in [0.29, 0.717) is 28.5 Å². The van der Waals surface area contributed by atoms with E-state index in [4.69, 9.17) is 0 Å². The monoisotopic (exact) mass is 337 g/mol. The smallest absolute Gasteiger partial charge is 0.230 e. The summed E-state index contributed by atoms with van der Waals surface area (Å²) in [7, 11) is 0. The zero-order valence-corrected chi connectivity index (χ0v) is 16.8. The van der Waals surface area contributed by atoms with E-state index in [1.807, 2.05) is 6.26 Å². The number of amides is 1. The quantitative estimate of drug-likeness (QED) is 0.821. The van der Waals surface area contributed by atoms with Crippen molar-refractivity contribution in [3.05, 3.63) is 0 Å². The number of carbonyl (C=O) groups excluding carboxylic acids is 1. The number of rotatable bonds is 4. The van der Waals surface area contributed by atoms with E-state index in [1.54, 1.807) is 11.8 Å². The van der Waals surface area contributed by atoms with Gasteiger partial charge < -0.3 is 5.32 Å². The summed E-state index contributed by atoms with van der Waals surface area (Å²) in [5.41, 5.74) is 0.791. The van der Waals surface area contributed by atoms with Crippen LogP contribution in [0.3, 0.4) is 0 Å². The molecule has 1 N–H and O–H groups in total. The fourth-order valence-corrected chi connectivity index (χ4v) is 8.06. The second-order valence-electron chi connectivity index (χ2n) is 9.06. The second kappa shape index (κ2) is 5.68. The Morgan fingerprint density at radius 2 is 1.78 bits per heavy atom. The van der Waals surface area contributed by atoms with Gasteiger partial charge in [-0.2, -0.15) is 11.8 Å². The Labute approximate surface area is 146 Å². The Morgan fingerprint density at radius 1 is 1.13 bits per heavy atom. The van der Waals surface area contributed by atoms with E-state index in [1.165, 1.54) is 12.8 Å². The van der Waals surface area contributed by atoms with Gasteiger partial charge in [-0.3, -0.25) is 4.79 Å². The van der Waals surface area contributed by atoms with Gasteiger partial charge in [0, 0.05) is 11.5 Å². The Morgan fingerprint density at radius 3 is 2.30 bits per heavy atom. The highest BCUT2D eigenvalue weighted by atomic mass is 32.2. The molecule has 1 spiro atoms. The first-order chi connectivity index (χ1) is 10.7. The van der Waals surface area contributed by atoms with E-state index in [-0.39, 0.29) is 5.91 Å². The molecule has 0 saturated heterocycles. The van der Waals surface area contributed by atoms with Crippen molar-refractivity contribution >= 4 is 17.7 Å². The summed E-state index contributed by atoms with van der Waals surface area (Å²) in [6.07, 6.45) is 4.73. The van der Waals surface area contributed by atoms with Gasteiger partial charge in [0.05, 0.1) is 5.75 Å². The lowest BCUT2D eigenvalue weighted by atomic mass is 9.26. The molecule has 0 aromatic rings. The average Bonchev–Trinajstić information content (AvgIpc) is 2.74. The van der Waals surface area contributed by atoms with Crippen LogP contribution in [0.15, 0.2) is 0 Å². The van der Waals surface area contributed by atoms with Crippen molar-refractivity contribution in [2.75, 3.05) is 12.0 Å². The molecule has 23 heavy (non-hydrogen) atoms. The minimum Gasteiger partial charge on any atom is -0.352 e. The van der Waals surface area contributed by atoms with Crippen LogP contribution < -0.4 is 5.32 Å². The average molecular weight is 338 g/mol. The van der Waals surface area contributed by atoms with Gasteiger partial charge in [0.15, 0.2) is 0 Å². The molecule has 3 heteroatoms. The van der Waals surface area contributed by atoms with E-state index in [2.05, 4.69) is 46.9 Å². The number of nitrogens with one attached hydrogen (secondary N) is 1. The second-order valence-corrected chi connectivity index (χ2v) is 9.93. The number of fused-ring (bicyclic) bond motifs is 2. The van der Waals surface area contributed by atoms with Gasteiger partial charge in [0.2, 0.25) is 5.91 Å². The zero-order chi connectivity index (χ0) is 17.2. The molecule has 1 amide bonds. The molecule has 0 radical (unpaired) electrons. The van der Waals surface area contributed by atoms with Crippen molar-refractivity contribution in [2.45, 2.75) is 60.4 Å². The summed E-state index contributed by atoms with van der Waals surface area (Å²) in [4.78, 5) is 12.3. The third kappa shape index (κ3) is 1.92. The predicted octanol–water partition coefficient (Wildman–Crippen LogP) is 4.44. The third-order valence-corrected chi connectivity index (χ3v) is 9.31. The molecule has 9 atom stereocenters. The van der Waals surface area contributed by atoms with Crippen molar-refractivity contribution in [3.8, 4) is 0 Å². The van der Waals surface area contributed by atoms with Crippen LogP contribution in [0, 0.1) is 46.3 Å². The van der Waals surface area contributed by atoms with Crippen LogP contribution in [0.25, 0.3) is 0 Å². The normalized spacial score (nSPS) is 52.5. The first-order valence-corrected chi connectivity index (χ1v) is 10.9. The standard InChI is InChI=1S/C20H35NOS/c1-11-8-17-15(5)19(9-12(2)13(19)3)20(17,14(11)4)16(6)21-18(22)10-23-7/h11-17H,8-10H2,1-7H3,(H,21,22). The Hall–Kier alpha value is -0.180. The SMILES string of the molecule is CSCC(=O)NC(C)C12C(C)C(C)CC1C(C)C21CC(C)C1C. The summed E-state index contributed by atoms with van der Waals surface area (Å²) in [6, 6.07) is 0.304. The van der Waals surface area contributed by atoms with Crippen molar-refractivity contribution in [1.82, 2.24) is 5.32 Å². The molecule has 3 rings (SSSR count). The minimum atomic E-state index is 0.222. The van der Waals surface area contributed by atoms with Crippen LogP contribution in [0.4, 0.5) is 0 Å². The minimum absolute atomic E-state index is 0.222. The Bertz CT molecular complexity index is 494. The van der Waals surface area contributed by atoms with Gasteiger partial charge in [0.1, 0.15) is 0 Å². The highest BCUT2D eigenvalue weighted by molar-refractivity contribution is 7.99. The summed E-state index contributed by atoms with van der Waals surface area (Å²) >= 11 is 1.62. The van der Waals surface area contributed by atoms with Crippen molar-refractivity contribution in [2.24, 2.45) is 46.3 Å². The molecule has 0 aromatic carbocycles. The maximum atomic E-state index is 12.3. The highest BCUT2D eigenvalue weighted by Gasteiger charge is 2.80. The molecule has 3 aliphatic carbocycles. The lowest BCUT2D eigenvalue weighted by Crippen LogP contribution is -2.77. The van der Waals surface area contributed by atoms with E-state index in [9.17, 15) is 4.79 Å². The van der Waals surface area contributed by atoms with E-state index < -0.39 is 0 Å². The molecule has 3 aliphatic rings. The van der Waals surface area contributed by atoms with E-state index in [0.717, 1.165) is 29.6 Å². The van der Waals surface area contributed by atoms with Crippen molar-refractivity contribution in [1.29, 1.82) is 0 Å². The van der Waals surface area contributed by atoms with Crippen molar-refractivity contribution in [3.63, 3.8) is 0 Å². The lowest BCUT2D eigenvalue weighted by molar-refractivity contribution is -0.308. The zero-order valence-electron chi connectivity index (χ0n) is 16.0. The molecule has 0 aliphatic heterocycles. The topological polar surface area (TPSA) is 29.1 Å². The largest absolute Gasteiger partial charge is 0.352 e. The van der Waals surface area contributed by atoms with E-state index >= 15 is 0 Å². The fraction of sp³-hybridized carbons (Fsp3) is 0.950. The molecule has 0 heterocycles. The maximum absolute atomic E-state index is 12.3. The third-order valence-electron chi connectivity index (χ3n) is 8.76. The molecule has 132 valence electrons. The summed E-state index contributed by atoms with van der Waals surface area (Å²) in [6.45, 7) is 14.6. The highest BCUT2D eigenvalue weighted by Crippen LogP contribution is 2.83. The maximum Gasteiger partial charge on any atom is 0.230 e. The molecule has 2 nitrogen and oxygen atoms in total. The molecule has 3 fully saturated rings. The molecule has 3 saturated carbocycles. The molecular weight excluding hydrogens is 302 g/mol. The predicted molar refractivity (Wildman–Crippen MR) is 99.4 cm³/mol. The number of hydrogen-bond acceptors (Lipinski definition) is 2. The molecule has 9 unspecified atom stereocenters. The first-order valence-electron chi connectivity index (χ1n) is 9.53. The lowest BCUT2D eigenvalue weighted by Gasteiger charge is -2.79. The van der Waals surface area contributed by atoms with Crippen LogP contribution >= 0.6 is 11.8 Å². The Kier molecular flexibility index (Phi) is 4.35. The fourth-order valence-electron chi connectivity index (χ4n) is 7.72. The summed E-state index contributed by atoms with van der Waals surface area (Å²) in [5.74, 6) is 5.55. The van der Waals surface area contributed by atoms with Gasteiger partial charge in [-0.25, -0.2) is 0 Å². The summed E-state index contributed by atoms with van der Waals surface area (Å²) < 4.78 is 0. The van der Waals surface area contributed by atoms with Crippen LogP contribution in [0.5, 0.6) is 0 Å². The van der Waals surface area contributed by atoms with Crippen LogP contribution in [0.2, 0.25) is 0 Å². The number of thioether (sulfide) groups is 1. The van der Waals surface area contributed by atoms with Gasteiger partial charge >= 0.3 is 0 Å². The van der Waals surface area contributed by atoms with Crippen LogP contribution in [-0.2, 0) is 4.79 Å². The molecular formula is C20H35NOS. The number of carbonyl (C=O) groups is 1.